The third-order valence-corrected chi connectivity index (χ3v) is 5.33. The number of halogens is 2. The summed E-state index contributed by atoms with van der Waals surface area (Å²) in [7, 11) is 0. The van der Waals surface area contributed by atoms with Crippen LogP contribution in [0.2, 0.25) is 5.02 Å². The third kappa shape index (κ3) is 3.27. The predicted molar refractivity (Wildman–Crippen MR) is 116 cm³/mol. The largest absolute Gasteiger partial charge is 0.362 e. The molecule has 0 saturated heterocycles. The number of fused-ring (bicyclic) bond motifs is 2. The summed E-state index contributed by atoms with van der Waals surface area (Å²) >= 11 is 6.37. The summed E-state index contributed by atoms with van der Waals surface area (Å²) < 4.78 is 13.9. The molecule has 0 radical (unpaired) electrons. The second-order valence-electron chi connectivity index (χ2n) is 7.03. The number of aromatic nitrogens is 4. The zero-order valence-corrected chi connectivity index (χ0v) is 16.7. The van der Waals surface area contributed by atoms with E-state index < -0.39 is 5.82 Å². The van der Waals surface area contributed by atoms with Gasteiger partial charge in [0.05, 0.1) is 34.2 Å². The van der Waals surface area contributed by atoms with Crippen molar-refractivity contribution in [1.82, 2.24) is 19.9 Å². The highest BCUT2D eigenvalue weighted by Crippen LogP contribution is 2.36. The molecule has 6 nitrogen and oxygen atoms in total. The lowest BCUT2D eigenvalue weighted by Gasteiger charge is -2.20. The maximum Gasteiger partial charge on any atom is 0.156 e. The van der Waals surface area contributed by atoms with E-state index in [4.69, 9.17) is 16.6 Å². The van der Waals surface area contributed by atoms with E-state index in [1.165, 1.54) is 18.6 Å². The van der Waals surface area contributed by atoms with Gasteiger partial charge in [-0.1, -0.05) is 23.7 Å². The third-order valence-electron chi connectivity index (χ3n) is 5.03. The summed E-state index contributed by atoms with van der Waals surface area (Å²) in [4.78, 5) is 21.8. The topological polar surface area (TPSA) is 76.0 Å². The number of nitrogens with zero attached hydrogens (tertiary/aromatic N) is 5. The molecule has 148 valence electrons. The van der Waals surface area contributed by atoms with Gasteiger partial charge in [-0.25, -0.2) is 19.3 Å². The number of rotatable bonds is 4. The Morgan fingerprint density at radius 2 is 2.07 bits per heavy atom. The summed E-state index contributed by atoms with van der Waals surface area (Å²) in [6.07, 6.45) is 6.80. The Kier molecular flexibility index (Phi) is 4.59. The summed E-state index contributed by atoms with van der Waals surface area (Å²) in [5.74, 6) is 0.221. The summed E-state index contributed by atoms with van der Waals surface area (Å²) in [5, 5.41) is 4.84. The van der Waals surface area contributed by atoms with E-state index >= 15 is 0 Å². The Balaban J connectivity index is 1.65. The summed E-state index contributed by atoms with van der Waals surface area (Å²) in [6.45, 7) is 2.00. The van der Waals surface area contributed by atoms with Gasteiger partial charge in [0.15, 0.2) is 5.82 Å². The molecule has 0 spiro atoms. The molecule has 0 aliphatic carbocycles. The number of anilines is 1. The van der Waals surface area contributed by atoms with Gasteiger partial charge in [0.2, 0.25) is 0 Å². The number of aliphatic imine (C=N–C) groups is 1. The zero-order chi connectivity index (χ0) is 20.7. The molecule has 0 saturated carbocycles. The standard InChI is InChI=1S/C22H16ClFN6/c1-12(29-22-21-18(5-6-26-21)27-11-28-22)16-8-13-3-2-4-17(23)20(13)30-19(16)14-7-15(24)10-25-9-14/h2-4,6-12H,5H2,1H3,(H,27,28,29)/t12-/m0/s1. The van der Waals surface area contributed by atoms with E-state index in [0.29, 0.717) is 34.0 Å². The first-order chi connectivity index (χ1) is 14.6. The fourth-order valence-corrected chi connectivity index (χ4v) is 3.82. The highest BCUT2D eigenvalue weighted by Gasteiger charge is 2.20. The Bertz CT molecular complexity index is 1310. The molecule has 0 bridgehead atoms. The maximum absolute atomic E-state index is 13.9. The molecule has 5 rings (SSSR count). The molecule has 1 aliphatic heterocycles. The van der Waals surface area contributed by atoms with Gasteiger partial charge in [0.25, 0.3) is 0 Å². The van der Waals surface area contributed by atoms with Crippen molar-refractivity contribution in [2.24, 2.45) is 4.99 Å². The molecule has 4 aromatic rings. The van der Waals surface area contributed by atoms with Gasteiger partial charge in [-0.3, -0.25) is 9.98 Å². The quantitative estimate of drug-likeness (QED) is 0.486. The van der Waals surface area contributed by atoms with Crippen molar-refractivity contribution in [3.8, 4) is 11.3 Å². The SMILES string of the molecule is C[C@H](Nc1ncnc2c1N=CC2)c1cc2cccc(Cl)c2nc1-c1cncc(F)c1. The molecule has 30 heavy (non-hydrogen) atoms. The van der Waals surface area contributed by atoms with E-state index in [9.17, 15) is 4.39 Å². The van der Waals surface area contributed by atoms with E-state index in [1.807, 2.05) is 31.3 Å². The highest BCUT2D eigenvalue weighted by molar-refractivity contribution is 6.35. The first-order valence-corrected chi connectivity index (χ1v) is 9.81. The monoisotopic (exact) mass is 418 g/mol. The number of para-hydroxylation sites is 1. The van der Waals surface area contributed by atoms with Crippen molar-refractivity contribution in [3.63, 3.8) is 0 Å². The smallest absolute Gasteiger partial charge is 0.156 e. The lowest BCUT2D eigenvalue weighted by molar-refractivity contribution is 0.622. The van der Waals surface area contributed by atoms with Crippen LogP contribution in [0.1, 0.15) is 24.2 Å². The van der Waals surface area contributed by atoms with Crippen molar-refractivity contribution in [3.05, 3.63) is 71.2 Å². The average molecular weight is 419 g/mol. The Labute approximate surface area is 176 Å². The van der Waals surface area contributed by atoms with Crippen molar-refractivity contribution in [2.75, 3.05) is 5.32 Å². The Morgan fingerprint density at radius 1 is 1.17 bits per heavy atom. The van der Waals surface area contributed by atoms with Crippen LogP contribution in [0.5, 0.6) is 0 Å². The molecule has 0 fully saturated rings. The van der Waals surface area contributed by atoms with Crippen molar-refractivity contribution in [2.45, 2.75) is 19.4 Å². The van der Waals surface area contributed by atoms with E-state index in [1.54, 1.807) is 12.3 Å². The van der Waals surface area contributed by atoms with Crippen LogP contribution in [0.3, 0.4) is 0 Å². The normalized spacial score (nSPS) is 13.4. The van der Waals surface area contributed by atoms with E-state index in [2.05, 4.69) is 25.3 Å². The van der Waals surface area contributed by atoms with Crippen LogP contribution in [0, 0.1) is 5.82 Å². The molecule has 0 unspecified atom stereocenters. The lowest BCUT2D eigenvalue weighted by atomic mass is 9.99. The van der Waals surface area contributed by atoms with Crippen LogP contribution in [-0.2, 0) is 6.42 Å². The minimum Gasteiger partial charge on any atom is -0.362 e. The molecule has 0 amide bonds. The molecular weight excluding hydrogens is 403 g/mol. The van der Waals surface area contributed by atoms with E-state index in [0.717, 1.165) is 22.3 Å². The summed E-state index contributed by atoms with van der Waals surface area (Å²) in [6, 6.07) is 8.84. The molecule has 3 aromatic heterocycles. The van der Waals surface area contributed by atoms with Gasteiger partial charge in [-0.15, -0.1) is 0 Å². The van der Waals surface area contributed by atoms with Gasteiger partial charge < -0.3 is 5.32 Å². The second-order valence-corrected chi connectivity index (χ2v) is 7.44. The van der Waals surface area contributed by atoms with Crippen molar-refractivity contribution >= 4 is 40.2 Å². The number of nitrogens with one attached hydrogen (secondary N) is 1. The predicted octanol–water partition coefficient (Wildman–Crippen LogP) is 5.31. The van der Waals surface area contributed by atoms with Gasteiger partial charge in [0.1, 0.15) is 17.8 Å². The van der Waals surface area contributed by atoms with Gasteiger partial charge >= 0.3 is 0 Å². The Hall–Kier alpha value is -3.45. The average Bonchev–Trinajstić information content (AvgIpc) is 3.23. The molecule has 4 heterocycles. The highest BCUT2D eigenvalue weighted by atomic mass is 35.5. The first-order valence-electron chi connectivity index (χ1n) is 9.43. The number of benzene rings is 1. The van der Waals surface area contributed by atoms with Gasteiger partial charge in [-0.2, -0.15) is 0 Å². The summed E-state index contributed by atoms with van der Waals surface area (Å²) in [5.41, 5.74) is 4.34. The van der Waals surface area contributed by atoms with Crippen LogP contribution >= 0.6 is 11.6 Å². The molecule has 8 heteroatoms. The molecule has 1 aromatic carbocycles. The minimum atomic E-state index is -0.428. The minimum absolute atomic E-state index is 0.200. The zero-order valence-electron chi connectivity index (χ0n) is 16.0. The Morgan fingerprint density at radius 3 is 2.93 bits per heavy atom. The second kappa shape index (κ2) is 7.42. The lowest BCUT2D eigenvalue weighted by Crippen LogP contribution is -2.11. The number of pyridine rings is 2. The number of hydrogen-bond acceptors (Lipinski definition) is 6. The van der Waals surface area contributed by atoms with Gasteiger partial charge in [0, 0.05) is 35.3 Å². The maximum atomic E-state index is 13.9. The van der Waals surface area contributed by atoms with Crippen LogP contribution in [0.4, 0.5) is 15.9 Å². The fourth-order valence-electron chi connectivity index (χ4n) is 3.59. The van der Waals surface area contributed by atoms with Crippen LogP contribution in [0.15, 0.2) is 54.0 Å². The number of hydrogen-bond donors (Lipinski definition) is 1. The fraction of sp³-hybridized carbons (Fsp3) is 0.136. The van der Waals surface area contributed by atoms with Crippen molar-refractivity contribution < 1.29 is 4.39 Å². The first kappa shape index (κ1) is 18.6. The van der Waals surface area contributed by atoms with Crippen molar-refractivity contribution in [1.29, 1.82) is 0 Å². The van der Waals surface area contributed by atoms with Crippen LogP contribution in [0.25, 0.3) is 22.2 Å². The molecule has 1 N–H and O–H groups in total. The van der Waals surface area contributed by atoms with Crippen LogP contribution < -0.4 is 5.32 Å². The molecule has 1 atom stereocenters. The van der Waals surface area contributed by atoms with Crippen LogP contribution in [-0.4, -0.2) is 26.2 Å². The van der Waals surface area contributed by atoms with E-state index in [-0.39, 0.29) is 6.04 Å². The molecule has 1 aliphatic rings. The molecular formula is C22H16ClFN6. The van der Waals surface area contributed by atoms with Gasteiger partial charge in [-0.05, 0) is 25.1 Å².